The van der Waals surface area contributed by atoms with Gasteiger partial charge in [-0.1, -0.05) is 6.92 Å². The molecule has 4 heteroatoms. The maximum Gasteiger partial charge on any atom is 0.226 e. The maximum absolute atomic E-state index is 11.0. The quantitative estimate of drug-likeness (QED) is 0.399. The van der Waals surface area contributed by atoms with Crippen molar-refractivity contribution in [1.82, 2.24) is 5.32 Å². The van der Waals surface area contributed by atoms with Crippen LogP contribution in [0, 0.1) is 11.8 Å². The minimum atomic E-state index is -0.858. The SMILES string of the molecule is C[C@H]1C2NC(=O)C1C(O)C2O. The number of hydrogen-bond acceptors (Lipinski definition) is 3. The number of piperidine rings is 1. The number of carbonyl (C=O) groups excluding carboxylic acids is 1. The highest BCUT2D eigenvalue weighted by molar-refractivity contribution is 5.84. The van der Waals surface area contributed by atoms with Crippen LogP contribution in [0.25, 0.3) is 0 Å². The average molecular weight is 157 g/mol. The lowest BCUT2D eigenvalue weighted by Crippen LogP contribution is -2.48. The molecule has 1 heterocycles. The molecule has 0 aromatic heterocycles. The van der Waals surface area contributed by atoms with Crippen molar-refractivity contribution in [2.75, 3.05) is 0 Å². The highest BCUT2D eigenvalue weighted by atomic mass is 16.3. The first-order chi connectivity index (χ1) is 5.13. The second kappa shape index (κ2) is 1.95. The highest BCUT2D eigenvalue weighted by Gasteiger charge is 2.56. The molecule has 4 nitrogen and oxygen atoms in total. The minimum absolute atomic E-state index is 0.0625. The maximum atomic E-state index is 11.0. The van der Waals surface area contributed by atoms with Gasteiger partial charge >= 0.3 is 0 Å². The van der Waals surface area contributed by atoms with Crippen LogP contribution in [0.1, 0.15) is 6.92 Å². The summed E-state index contributed by atoms with van der Waals surface area (Å²) in [5.41, 5.74) is 0. The summed E-state index contributed by atoms with van der Waals surface area (Å²) in [4.78, 5) is 11.0. The van der Waals surface area contributed by atoms with Gasteiger partial charge < -0.3 is 15.5 Å². The van der Waals surface area contributed by atoms with Crippen LogP contribution in [0.4, 0.5) is 0 Å². The Bertz CT molecular complexity index is 202. The summed E-state index contributed by atoms with van der Waals surface area (Å²) in [5.74, 6) is -0.456. The van der Waals surface area contributed by atoms with Gasteiger partial charge in [0.25, 0.3) is 0 Å². The summed E-state index contributed by atoms with van der Waals surface area (Å²) in [6.45, 7) is 1.87. The van der Waals surface area contributed by atoms with Gasteiger partial charge in [0.1, 0.15) is 6.10 Å². The molecule has 2 aliphatic rings. The Morgan fingerprint density at radius 1 is 1.36 bits per heavy atom. The van der Waals surface area contributed by atoms with Crippen molar-refractivity contribution in [3.05, 3.63) is 0 Å². The van der Waals surface area contributed by atoms with Crippen LogP contribution < -0.4 is 5.32 Å². The fourth-order valence-corrected chi connectivity index (χ4v) is 2.14. The van der Waals surface area contributed by atoms with Crippen LogP contribution in [-0.4, -0.2) is 34.4 Å². The van der Waals surface area contributed by atoms with Gasteiger partial charge in [0.05, 0.1) is 18.1 Å². The Labute approximate surface area is 64.2 Å². The van der Waals surface area contributed by atoms with Crippen LogP contribution in [0.2, 0.25) is 0 Å². The normalized spacial score (nSPS) is 54.8. The van der Waals surface area contributed by atoms with E-state index in [9.17, 15) is 15.0 Å². The fourth-order valence-electron chi connectivity index (χ4n) is 2.14. The van der Waals surface area contributed by atoms with E-state index in [1.165, 1.54) is 0 Å². The number of amides is 1. The van der Waals surface area contributed by atoms with E-state index < -0.39 is 18.1 Å². The second-order valence-electron chi connectivity index (χ2n) is 3.40. The van der Waals surface area contributed by atoms with Crippen LogP contribution in [0.3, 0.4) is 0 Å². The summed E-state index contributed by atoms with van der Waals surface area (Å²) in [7, 11) is 0. The lowest BCUT2D eigenvalue weighted by Gasteiger charge is -2.22. The van der Waals surface area contributed by atoms with Gasteiger partial charge in [-0.2, -0.15) is 0 Å². The van der Waals surface area contributed by atoms with Gasteiger partial charge in [0, 0.05) is 0 Å². The van der Waals surface area contributed by atoms with E-state index in [0.717, 1.165) is 0 Å². The van der Waals surface area contributed by atoms with Crippen LogP contribution >= 0.6 is 0 Å². The van der Waals surface area contributed by atoms with Gasteiger partial charge in [0.15, 0.2) is 0 Å². The Hall–Kier alpha value is -0.610. The van der Waals surface area contributed by atoms with Gasteiger partial charge in [-0.15, -0.1) is 0 Å². The van der Waals surface area contributed by atoms with Gasteiger partial charge in [-0.3, -0.25) is 4.79 Å². The molecular weight excluding hydrogens is 146 g/mol. The topological polar surface area (TPSA) is 69.6 Å². The molecule has 5 atom stereocenters. The molecule has 0 aromatic carbocycles. The first-order valence-electron chi connectivity index (χ1n) is 3.79. The Kier molecular flexibility index (Phi) is 1.25. The van der Waals surface area contributed by atoms with Crippen molar-refractivity contribution in [2.45, 2.75) is 25.2 Å². The number of carbonyl (C=O) groups is 1. The smallest absolute Gasteiger partial charge is 0.226 e. The zero-order valence-electron chi connectivity index (χ0n) is 6.19. The van der Waals surface area contributed by atoms with E-state index >= 15 is 0 Å². The van der Waals surface area contributed by atoms with Gasteiger partial charge in [-0.05, 0) is 5.92 Å². The molecule has 0 radical (unpaired) electrons. The van der Waals surface area contributed by atoms with Crippen molar-refractivity contribution in [3.63, 3.8) is 0 Å². The molecule has 0 spiro atoms. The number of aliphatic hydroxyl groups excluding tert-OH is 2. The molecule has 2 fully saturated rings. The average Bonchev–Trinajstić information content (AvgIpc) is 2.31. The molecule has 11 heavy (non-hydrogen) atoms. The largest absolute Gasteiger partial charge is 0.390 e. The highest BCUT2D eigenvalue weighted by Crippen LogP contribution is 2.37. The molecule has 1 aliphatic heterocycles. The lowest BCUT2D eigenvalue weighted by atomic mass is 9.99. The van der Waals surface area contributed by atoms with Crippen molar-refractivity contribution in [3.8, 4) is 0 Å². The van der Waals surface area contributed by atoms with Crippen LogP contribution in [0.5, 0.6) is 0 Å². The zero-order chi connectivity index (χ0) is 8.17. The van der Waals surface area contributed by atoms with Crippen LogP contribution in [0.15, 0.2) is 0 Å². The van der Waals surface area contributed by atoms with Crippen molar-refractivity contribution in [1.29, 1.82) is 0 Å². The molecule has 0 aromatic rings. The second-order valence-corrected chi connectivity index (χ2v) is 3.40. The molecular formula is C7H11NO3. The van der Waals surface area contributed by atoms with Crippen LogP contribution in [-0.2, 0) is 4.79 Å². The van der Waals surface area contributed by atoms with E-state index in [0.29, 0.717) is 0 Å². The summed E-state index contributed by atoms with van der Waals surface area (Å²) in [5, 5.41) is 21.3. The Morgan fingerprint density at radius 2 is 2.00 bits per heavy atom. The third-order valence-corrected chi connectivity index (χ3v) is 2.83. The predicted molar refractivity (Wildman–Crippen MR) is 36.6 cm³/mol. The third kappa shape index (κ3) is 0.684. The number of aliphatic hydroxyl groups is 2. The first kappa shape index (κ1) is 7.06. The monoisotopic (exact) mass is 157 g/mol. The van der Waals surface area contributed by atoms with E-state index in [1.807, 2.05) is 6.92 Å². The molecule has 1 saturated carbocycles. The molecule has 1 amide bonds. The lowest BCUT2D eigenvalue weighted by molar-refractivity contribution is -0.131. The number of rotatable bonds is 0. The molecule has 2 bridgehead atoms. The number of hydrogen-bond donors (Lipinski definition) is 3. The first-order valence-corrected chi connectivity index (χ1v) is 3.79. The molecule has 1 saturated heterocycles. The van der Waals surface area contributed by atoms with E-state index in [2.05, 4.69) is 5.32 Å². The van der Waals surface area contributed by atoms with E-state index in [4.69, 9.17) is 0 Å². The fraction of sp³-hybridized carbons (Fsp3) is 0.857. The molecule has 4 unspecified atom stereocenters. The Morgan fingerprint density at radius 3 is 2.36 bits per heavy atom. The zero-order valence-corrected chi connectivity index (χ0v) is 6.19. The molecule has 62 valence electrons. The van der Waals surface area contributed by atoms with E-state index in [-0.39, 0.29) is 17.9 Å². The number of fused-ring (bicyclic) bond motifs is 2. The summed E-state index contributed by atoms with van der Waals surface area (Å²) < 4.78 is 0. The molecule has 3 N–H and O–H groups in total. The summed E-state index contributed by atoms with van der Waals surface area (Å²) in [6.07, 6.45) is -1.63. The predicted octanol–water partition coefficient (Wildman–Crippen LogP) is -1.53. The van der Waals surface area contributed by atoms with Crippen molar-refractivity contribution in [2.24, 2.45) is 11.8 Å². The van der Waals surface area contributed by atoms with Crippen molar-refractivity contribution < 1.29 is 15.0 Å². The molecule has 2 rings (SSSR count). The summed E-state index contributed by atoms with van der Waals surface area (Å²) >= 11 is 0. The van der Waals surface area contributed by atoms with Gasteiger partial charge in [0.2, 0.25) is 5.91 Å². The number of nitrogens with one attached hydrogen (secondary N) is 1. The van der Waals surface area contributed by atoms with E-state index in [1.54, 1.807) is 0 Å². The molecule has 1 aliphatic carbocycles. The van der Waals surface area contributed by atoms with Crippen molar-refractivity contribution >= 4 is 5.91 Å². The standard InChI is InChI=1S/C7H11NO3/c1-2-3-5(9)6(10)4(2)8-7(3)11/h2-6,9-10H,1H3,(H,8,11)/t2-,3?,4?,5?,6?/m1/s1. The Balaban J connectivity index is 2.30. The third-order valence-electron chi connectivity index (χ3n) is 2.83. The summed E-state index contributed by atoms with van der Waals surface area (Å²) in [6, 6.07) is -0.234. The van der Waals surface area contributed by atoms with Gasteiger partial charge in [-0.25, -0.2) is 0 Å². The minimum Gasteiger partial charge on any atom is -0.390 e.